The lowest BCUT2D eigenvalue weighted by molar-refractivity contribution is 0.103. The average Bonchev–Trinajstić information content (AvgIpc) is 3.25. The molecule has 4 rings (SSSR count). The lowest BCUT2D eigenvalue weighted by Crippen LogP contribution is -2.20. The predicted molar refractivity (Wildman–Crippen MR) is 110 cm³/mol. The molecule has 5 nitrogen and oxygen atoms in total. The number of carbonyl (C=O) groups is 1. The maximum atomic E-state index is 12.9. The third-order valence-corrected chi connectivity index (χ3v) is 6.49. The minimum atomic E-state index is -0.109. The maximum absolute atomic E-state index is 12.9. The molecular formula is C19H19BrN4OS. The molecule has 3 aromatic rings. The number of aryl methyl sites for hydroxylation is 2. The van der Waals surface area contributed by atoms with Crippen molar-refractivity contribution in [3.05, 3.63) is 45.0 Å². The number of halogens is 1. The molecule has 2 aromatic heterocycles. The molecule has 1 fully saturated rings. The summed E-state index contributed by atoms with van der Waals surface area (Å²) in [6.45, 7) is 5.93. The fraction of sp³-hybridized carbons (Fsp3) is 0.316. The van der Waals surface area contributed by atoms with E-state index in [1.807, 2.05) is 38.1 Å². The molecular weight excluding hydrogens is 412 g/mol. The molecule has 1 amide bonds. The molecule has 0 unspecified atom stereocenters. The number of nitrogens with one attached hydrogen (secondary N) is 1. The molecule has 1 saturated heterocycles. The lowest BCUT2D eigenvalue weighted by Gasteiger charge is -2.18. The summed E-state index contributed by atoms with van der Waals surface area (Å²) >= 11 is 4.92. The van der Waals surface area contributed by atoms with Crippen LogP contribution >= 0.6 is 27.3 Å². The Balaban J connectivity index is 1.76. The molecule has 7 heteroatoms. The standard InChI is InChI=1S/C19H19BrN4OS/c1-11-15-17(24-9-5-6-10-24)21-12(2)22-19(15)26-16(11)18(25)23-14-8-4-3-7-13(14)20/h3-4,7-8H,5-6,9-10H2,1-2H3,(H,23,25). The largest absolute Gasteiger partial charge is 0.356 e. The number of anilines is 2. The number of benzene rings is 1. The Hall–Kier alpha value is -1.99. The van der Waals surface area contributed by atoms with E-state index >= 15 is 0 Å². The fourth-order valence-corrected chi connectivity index (χ4v) is 4.84. The van der Waals surface area contributed by atoms with Gasteiger partial charge in [0.2, 0.25) is 0 Å². The molecule has 1 N–H and O–H groups in total. The molecule has 0 radical (unpaired) electrons. The number of thiophene rings is 1. The average molecular weight is 431 g/mol. The second kappa shape index (κ2) is 6.96. The van der Waals surface area contributed by atoms with Crippen molar-refractivity contribution < 1.29 is 4.79 Å². The summed E-state index contributed by atoms with van der Waals surface area (Å²) in [5.74, 6) is 1.61. The third kappa shape index (κ3) is 3.10. The van der Waals surface area contributed by atoms with E-state index in [-0.39, 0.29) is 5.91 Å². The number of para-hydroxylation sites is 1. The Morgan fingerprint density at radius 3 is 2.65 bits per heavy atom. The van der Waals surface area contributed by atoms with Crippen molar-refractivity contribution in [3.8, 4) is 0 Å². The Labute approximate surface area is 164 Å². The highest BCUT2D eigenvalue weighted by atomic mass is 79.9. The Morgan fingerprint density at radius 2 is 1.92 bits per heavy atom. The molecule has 0 aliphatic carbocycles. The maximum Gasteiger partial charge on any atom is 0.266 e. The first-order valence-corrected chi connectivity index (χ1v) is 10.2. The minimum absolute atomic E-state index is 0.109. The van der Waals surface area contributed by atoms with Gasteiger partial charge in [-0.15, -0.1) is 11.3 Å². The van der Waals surface area contributed by atoms with E-state index in [1.165, 1.54) is 24.2 Å². The van der Waals surface area contributed by atoms with Crippen LogP contribution in [0.4, 0.5) is 11.5 Å². The van der Waals surface area contributed by atoms with Gasteiger partial charge in [-0.25, -0.2) is 9.97 Å². The van der Waals surface area contributed by atoms with Gasteiger partial charge in [-0.2, -0.15) is 0 Å². The van der Waals surface area contributed by atoms with E-state index in [4.69, 9.17) is 4.98 Å². The Morgan fingerprint density at radius 1 is 1.19 bits per heavy atom. The topological polar surface area (TPSA) is 58.1 Å². The van der Waals surface area contributed by atoms with Crippen molar-refractivity contribution in [2.45, 2.75) is 26.7 Å². The van der Waals surface area contributed by atoms with Gasteiger partial charge in [-0.05, 0) is 60.3 Å². The molecule has 1 aliphatic rings. The fourth-order valence-electron chi connectivity index (χ4n) is 3.34. The van der Waals surface area contributed by atoms with Crippen LogP contribution in [0, 0.1) is 13.8 Å². The molecule has 1 aromatic carbocycles. The Kier molecular flexibility index (Phi) is 4.67. The summed E-state index contributed by atoms with van der Waals surface area (Å²) in [6, 6.07) is 7.61. The summed E-state index contributed by atoms with van der Waals surface area (Å²) in [4.78, 5) is 26.1. The number of aromatic nitrogens is 2. The number of carbonyl (C=O) groups excluding carboxylic acids is 1. The SMILES string of the molecule is Cc1nc(N2CCCC2)c2c(C)c(C(=O)Nc3ccccc3Br)sc2n1. The second-order valence-corrected chi connectivity index (χ2v) is 8.31. The van der Waals surface area contributed by atoms with Crippen LogP contribution in [0.3, 0.4) is 0 Å². The van der Waals surface area contributed by atoms with Crippen LogP contribution in [-0.4, -0.2) is 29.0 Å². The van der Waals surface area contributed by atoms with E-state index in [0.717, 1.165) is 50.7 Å². The molecule has 3 heterocycles. The van der Waals surface area contributed by atoms with Crippen molar-refractivity contribution in [1.29, 1.82) is 0 Å². The molecule has 1 aliphatic heterocycles. The molecule has 0 saturated carbocycles. The third-order valence-electron chi connectivity index (χ3n) is 4.62. The van der Waals surface area contributed by atoms with Crippen LogP contribution in [0.2, 0.25) is 0 Å². The van der Waals surface area contributed by atoms with Gasteiger partial charge in [0.1, 0.15) is 16.5 Å². The van der Waals surface area contributed by atoms with Crippen molar-refractivity contribution in [1.82, 2.24) is 9.97 Å². The van der Waals surface area contributed by atoms with Crippen LogP contribution in [0.5, 0.6) is 0 Å². The zero-order valence-electron chi connectivity index (χ0n) is 14.7. The van der Waals surface area contributed by atoms with Crippen molar-refractivity contribution in [3.63, 3.8) is 0 Å². The quantitative estimate of drug-likeness (QED) is 0.640. The molecule has 134 valence electrons. The first kappa shape index (κ1) is 17.4. The summed E-state index contributed by atoms with van der Waals surface area (Å²) < 4.78 is 0.862. The normalized spacial score (nSPS) is 14.2. The zero-order valence-corrected chi connectivity index (χ0v) is 17.1. The number of nitrogens with zero attached hydrogens (tertiary/aromatic N) is 3. The second-order valence-electron chi connectivity index (χ2n) is 6.46. The first-order chi connectivity index (χ1) is 12.5. The number of hydrogen-bond donors (Lipinski definition) is 1. The lowest BCUT2D eigenvalue weighted by atomic mass is 10.2. The van der Waals surface area contributed by atoms with Gasteiger partial charge in [-0.1, -0.05) is 12.1 Å². The highest BCUT2D eigenvalue weighted by molar-refractivity contribution is 9.10. The smallest absolute Gasteiger partial charge is 0.266 e. The van der Waals surface area contributed by atoms with Gasteiger partial charge in [-0.3, -0.25) is 4.79 Å². The van der Waals surface area contributed by atoms with E-state index in [0.29, 0.717) is 4.88 Å². The van der Waals surface area contributed by atoms with Crippen LogP contribution < -0.4 is 10.2 Å². The molecule has 0 bridgehead atoms. The van der Waals surface area contributed by atoms with E-state index < -0.39 is 0 Å². The summed E-state index contributed by atoms with van der Waals surface area (Å²) in [7, 11) is 0. The molecule has 0 atom stereocenters. The van der Waals surface area contributed by atoms with Crippen LogP contribution in [0.15, 0.2) is 28.7 Å². The highest BCUT2D eigenvalue weighted by Gasteiger charge is 2.24. The predicted octanol–water partition coefficient (Wildman–Crippen LogP) is 4.92. The van der Waals surface area contributed by atoms with Gasteiger partial charge in [0.15, 0.2) is 0 Å². The number of rotatable bonds is 3. The van der Waals surface area contributed by atoms with E-state index in [2.05, 4.69) is 31.1 Å². The van der Waals surface area contributed by atoms with Crippen molar-refractivity contribution >= 4 is 54.9 Å². The van der Waals surface area contributed by atoms with E-state index in [1.54, 1.807) is 0 Å². The number of hydrogen-bond acceptors (Lipinski definition) is 5. The van der Waals surface area contributed by atoms with Gasteiger partial charge in [0.05, 0.1) is 16.0 Å². The van der Waals surface area contributed by atoms with Crippen LogP contribution in [0.25, 0.3) is 10.2 Å². The molecule has 0 spiro atoms. The number of amides is 1. The van der Waals surface area contributed by atoms with Gasteiger partial charge >= 0.3 is 0 Å². The Bertz CT molecular complexity index is 995. The minimum Gasteiger partial charge on any atom is -0.356 e. The van der Waals surface area contributed by atoms with Crippen molar-refractivity contribution in [2.75, 3.05) is 23.3 Å². The van der Waals surface area contributed by atoms with Gasteiger partial charge in [0.25, 0.3) is 5.91 Å². The van der Waals surface area contributed by atoms with Crippen LogP contribution in [0.1, 0.15) is 33.9 Å². The van der Waals surface area contributed by atoms with Gasteiger partial charge in [0, 0.05) is 17.6 Å². The zero-order chi connectivity index (χ0) is 18.3. The molecule has 26 heavy (non-hydrogen) atoms. The van der Waals surface area contributed by atoms with Crippen LogP contribution in [-0.2, 0) is 0 Å². The number of fused-ring (bicyclic) bond motifs is 1. The summed E-state index contributed by atoms with van der Waals surface area (Å²) in [5.41, 5.74) is 1.72. The summed E-state index contributed by atoms with van der Waals surface area (Å²) in [5, 5.41) is 4.01. The monoisotopic (exact) mass is 430 g/mol. The van der Waals surface area contributed by atoms with E-state index in [9.17, 15) is 4.79 Å². The van der Waals surface area contributed by atoms with Crippen molar-refractivity contribution in [2.24, 2.45) is 0 Å². The highest BCUT2D eigenvalue weighted by Crippen LogP contribution is 2.37. The first-order valence-electron chi connectivity index (χ1n) is 8.63. The summed E-state index contributed by atoms with van der Waals surface area (Å²) in [6.07, 6.45) is 2.37. The van der Waals surface area contributed by atoms with Gasteiger partial charge < -0.3 is 10.2 Å².